The number of carbonyl (C=O) groups excluding carboxylic acids is 1. The van der Waals surface area contributed by atoms with Crippen LogP contribution in [0.3, 0.4) is 0 Å². The minimum Gasteiger partial charge on any atom is -0.356 e. The number of aromatic nitrogens is 1. The Morgan fingerprint density at radius 2 is 2.42 bits per heavy atom. The van der Waals surface area contributed by atoms with E-state index in [1.807, 2.05) is 19.2 Å². The maximum atomic E-state index is 11.8. The van der Waals surface area contributed by atoms with Crippen LogP contribution in [0.4, 0.5) is 0 Å². The van der Waals surface area contributed by atoms with E-state index in [4.69, 9.17) is 0 Å². The Labute approximate surface area is 115 Å². The molecule has 0 aromatic carbocycles. The van der Waals surface area contributed by atoms with Crippen molar-refractivity contribution >= 4 is 5.91 Å². The van der Waals surface area contributed by atoms with Crippen molar-refractivity contribution in [3.05, 3.63) is 30.1 Å². The van der Waals surface area contributed by atoms with Crippen molar-refractivity contribution < 1.29 is 4.79 Å². The molecule has 104 valence electrons. The van der Waals surface area contributed by atoms with Crippen molar-refractivity contribution in [1.29, 1.82) is 0 Å². The molecule has 0 spiro atoms. The number of nitrogens with zero attached hydrogens (tertiary/aromatic N) is 2. The zero-order chi connectivity index (χ0) is 13.5. The van der Waals surface area contributed by atoms with Gasteiger partial charge >= 0.3 is 0 Å². The first-order valence-electron chi connectivity index (χ1n) is 7.19. The predicted octanol–water partition coefficient (Wildman–Crippen LogP) is 1.96. The quantitative estimate of drug-likeness (QED) is 0.881. The molecule has 1 aromatic rings. The van der Waals surface area contributed by atoms with Crippen molar-refractivity contribution in [1.82, 2.24) is 15.2 Å². The largest absolute Gasteiger partial charge is 0.356 e. The third-order valence-electron chi connectivity index (χ3n) is 3.65. The standard InChI is InChI=1S/C15H23N3O/c1-2-17-15(19)10-14-7-3-4-9-18(14)12-13-6-5-8-16-11-13/h5-6,8,11,14H,2-4,7,9-10,12H2,1H3,(H,17,19)/t14-/m1/s1. The van der Waals surface area contributed by atoms with Crippen LogP contribution in [-0.2, 0) is 11.3 Å². The summed E-state index contributed by atoms with van der Waals surface area (Å²) >= 11 is 0. The van der Waals surface area contributed by atoms with E-state index in [0.717, 1.165) is 19.5 Å². The first-order valence-corrected chi connectivity index (χ1v) is 7.19. The van der Waals surface area contributed by atoms with Crippen LogP contribution in [0, 0.1) is 0 Å². The Bertz CT molecular complexity index is 394. The molecule has 2 heterocycles. The van der Waals surface area contributed by atoms with Crippen molar-refractivity contribution in [2.45, 2.75) is 45.2 Å². The van der Waals surface area contributed by atoms with Gasteiger partial charge in [-0.05, 0) is 37.9 Å². The molecule has 2 rings (SSSR count). The summed E-state index contributed by atoms with van der Waals surface area (Å²) in [4.78, 5) is 18.3. The first kappa shape index (κ1) is 14.0. The molecule has 0 bridgehead atoms. The van der Waals surface area contributed by atoms with Crippen LogP contribution < -0.4 is 5.32 Å². The van der Waals surface area contributed by atoms with Gasteiger partial charge in [0.1, 0.15) is 0 Å². The molecule has 4 nitrogen and oxygen atoms in total. The summed E-state index contributed by atoms with van der Waals surface area (Å²) in [5, 5.41) is 2.90. The van der Waals surface area contributed by atoms with Crippen LogP contribution in [0.5, 0.6) is 0 Å². The average Bonchev–Trinajstić information content (AvgIpc) is 2.42. The van der Waals surface area contributed by atoms with Crippen LogP contribution in [0.2, 0.25) is 0 Å². The number of piperidine rings is 1. The maximum absolute atomic E-state index is 11.8. The van der Waals surface area contributed by atoms with E-state index < -0.39 is 0 Å². The molecule has 1 atom stereocenters. The summed E-state index contributed by atoms with van der Waals surface area (Å²) in [6, 6.07) is 4.45. The highest BCUT2D eigenvalue weighted by Gasteiger charge is 2.24. The number of rotatable bonds is 5. The Hall–Kier alpha value is -1.42. The summed E-state index contributed by atoms with van der Waals surface area (Å²) in [6.45, 7) is 4.66. The van der Waals surface area contributed by atoms with Crippen LogP contribution >= 0.6 is 0 Å². The third kappa shape index (κ3) is 4.31. The summed E-state index contributed by atoms with van der Waals surface area (Å²) in [6.07, 6.45) is 7.91. The Kier molecular flexibility index (Phi) is 5.33. The average molecular weight is 261 g/mol. The minimum atomic E-state index is 0.172. The zero-order valence-corrected chi connectivity index (χ0v) is 11.6. The fourth-order valence-electron chi connectivity index (χ4n) is 2.71. The van der Waals surface area contributed by atoms with Crippen molar-refractivity contribution in [3.8, 4) is 0 Å². The number of hydrogen-bond acceptors (Lipinski definition) is 3. The van der Waals surface area contributed by atoms with Gasteiger partial charge in [-0.2, -0.15) is 0 Å². The predicted molar refractivity (Wildman–Crippen MR) is 75.6 cm³/mol. The topological polar surface area (TPSA) is 45.2 Å². The van der Waals surface area contributed by atoms with Gasteiger partial charge in [0.15, 0.2) is 0 Å². The Morgan fingerprint density at radius 3 is 3.16 bits per heavy atom. The molecular formula is C15H23N3O. The molecule has 4 heteroatoms. The molecule has 0 unspecified atom stereocenters. The molecule has 1 fully saturated rings. The number of nitrogens with one attached hydrogen (secondary N) is 1. The molecular weight excluding hydrogens is 238 g/mol. The van der Waals surface area contributed by atoms with Gasteiger partial charge in [-0.1, -0.05) is 12.5 Å². The zero-order valence-electron chi connectivity index (χ0n) is 11.6. The van der Waals surface area contributed by atoms with E-state index in [9.17, 15) is 4.79 Å². The van der Waals surface area contributed by atoms with Crippen molar-refractivity contribution in [3.63, 3.8) is 0 Å². The van der Waals surface area contributed by atoms with Crippen LogP contribution in [0.1, 0.15) is 38.2 Å². The summed E-state index contributed by atoms with van der Waals surface area (Å²) in [5.74, 6) is 0.172. The SMILES string of the molecule is CCNC(=O)C[C@H]1CCCCN1Cc1cccnc1. The fourth-order valence-corrected chi connectivity index (χ4v) is 2.71. The van der Waals surface area contributed by atoms with Gasteiger partial charge < -0.3 is 5.32 Å². The number of amides is 1. The van der Waals surface area contributed by atoms with Crippen LogP contribution in [0.15, 0.2) is 24.5 Å². The highest BCUT2D eigenvalue weighted by atomic mass is 16.1. The molecule has 1 aliphatic heterocycles. The van der Waals surface area contributed by atoms with Crippen LogP contribution in [-0.4, -0.2) is 34.9 Å². The molecule has 0 aliphatic carbocycles. The molecule has 0 radical (unpaired) electrons. The van der Waals surface area contributed by atoms with E-state index in [1.165, 1.54) is 18.4 Å². The number of likely N-dealkylation sites (tertiary alicyclic amines) is 1. The van der Waals surface area contributed by atoms with E-state index in [0.29, 0.717) is 19.0 Å². The second-order valence-corrected chi connectivity index (χ2v) is 5.14. The third-order valence-corrected chi connectivity index (χ3v) is 3.65. The minimum absolute atomic E-state index is 0.172. The summed E-state index contributed by atoms with van der Waals surface area (Å²) in [5.41, 5.74) is 1.23. The second-order valence-electron chi connectivity index (χ2n) is 5.14. The van der Waals surface area contributed by atoms with Crippen molar-refractivity contribution in [2.24, 2.45) is 0 Å². The Balaban J connectivity index is 1.94. The van der Waals surface area contributed by atoms with Crippen molar-refractivity contribution in [2.75, 3.05) is 13.1 Å². The first-order chi connectivity index (χ1) is 9.29. The molecule has 1 aliphatic rings. The van der Waals surface area contributed by atoms with E-state index in [2.05, 4.69) is 21.3 Å². The lowest BCUT2D eigenvalue weighted by molar-refractivity contribution is -0.122. The van der Waals surface area contributed by atoms with E-state index in [-0.39, 0.29) is 5.91 Å². The van der Waals surface area contributed by atoms with Gasteiger partial charge in [-0.25, -0.2) is 0 Å². The maximum Gasteiger partial charge on any atom is 0.221 e. The number of pyridine rings is 1. The van der Waals surface area contributed by atoms with Gasteiger partial charge in [0.05, 0.1) is 0 Å². The smallest absolute Gasteiger partial charge is 0.221 e. The molecule has 1 aromatic heterocycles. The second kappa shape index (κ2) is 7.24. The number of hydrogen-bond donors (Lipinski definition) is 1. The molecule has 1 saturated heterocycles. The molecule has 0 saturated carbocycles. The van der Waals surface area contributed by atoms with E-state index >= 15 is 0 Å². The molecule has 1 amide bonds. The molecule has 1 N–H and O–H groups in total. The van der Waals surface area contributed by atoms with Gasteiger partial charge in [0, 0.05) is 37.9 Å². The van der Waals surface area contributed by atoms with Gasteiger partial charge in [0.25, 0.3) is 0 Å². The number of carbonyl (C=O) groups is 1. The van der Waals surface area contributed by atoms with Crippen LogP contribution in [0.25, 0.3) is 0 Å². The van der Waals surface area contributed by atoms with E-state index in [1.54, 1.807) is 6.20 Å². The normalized spacial score (nSPS) is 20.2. The monoisotopic (exact) mass is 261 g/mol. The lowest BCUT2D eigenvalue weighted by atomic mass is 9.98. The summed E-state index contributed by atoms with van der Waals surface area (Å²) < 4.78 is 0. The lowest BCUT2D eigenvalue weighted by Crippen LogP contribution is -2.42. The van der Waals surface area contributed by atoms with Gasteiger partial charge in [0.2, 0.25) is 5.91 Å². The van der Waals surface area contributed by atoms with Gasteiger partial charge in [-0.15, -0.1) is 0 Å². The van der Waals surface area contributed by atoms with Gasteiger partial charge in [-0.3, -0.25) is 14.7 Å². The summed E-state index contributed by atoms with van der Waals surface area (Å²) in [7, 11) is 0. The highest BCUT2D eigenvalue weighted by molar-refractivity contribution is 5.76. The fraction of sp³-hybridized carbons (Fsp3) is 0.600. The Morgan fingerprint density at radius 1 is 1.53 bits per heavy atom. The lowest BCUT2D eigenvalue weighted by Gasteiger charge is -2.35. The highest BCUT2D eigenvalue weighted by Crippen LogP contribution is 2.21. The molecule has 19 heavy (non-hydrogen) atoms.